The SMILES string of the molecule is CCNC(=NCc1cccc(N(C)C)n1)NC1CC(C)(OC)C1(C)C.I. The second kappa shape index (κ2) is 9.21. The van der Waals surface area contributed by atoms with Gasteiger partial charge in [0.25, 0.3) is 0 Å². The van der Waals surface area contributed by atoms with Gasteiger partial charge in [-0.05, 0) is 32.4 Å². The highest BCUT2D eigenvalue weighted by Gasteiger charge is 2.58. The molecular formula is C19H34IN5O. The maximum absolute atomic E-state index is 5.71. The maximum atomic E-state index is 5.71. The Morgan fingerprint density at radius 3 is 2.58 bits per heavy atom. The largest absolute Gasteiger partial charge is 0.378 e. The average molecular weight is 475 g/mol. The molecule has 0 saturated heterocycles. The number of halogens is 1. The van der Waals surface area contributed by atoms with E-state index in [1.54, 1.807) is 7.11 Å². The summed E-state index contributed by atoms with van der Waals surface area (Å²) in [5.41, 5.74) is 0.906. The van der Waals surface area contributed by atoms with Crippen LogP contribution in [0.5, 0.6) is 0 Å². The molecule has 7 heteroatoms. The summed E-state index contributed by atoms with van der Waals surface area (Å²) in [5, 5.41) is 6.89. The third-order valence-corrected chi connectivity index (χ3v) is 5.58. The van der Waals surface area contributed by atoms with Crippen LogP contribution in [0.2, 0.25) is 0 Å². The molecule has 2 atom stereocenters. The molecule has 1 aliphatic rings. The van der Waals surface area contributed by atoms with Gasteiger partial charge in [0.1, 0.15) is 5.82 Å². The van der Waals surface area contributed by atoms with Gasteiger partial charge in [-0.15, -0.1) is 24.0 Å². The molecule has 2 unspecified atom stereocenters. The third-order valence-electron chi connectivity index (χ3n) is 5.58. The average Bonchev–Trinajstić information content (AvgIpc) is 2.59. The van der Waals surface area contributed by atoms with E-state index < -0.39 is 0 Å². The highest BCUT2D eigenvalue weighted by molar-refractivity contribution is 14.0. The van der Waals surface area contributed by atoms with Crippen LogP contribution < -0.4 is 15.5 Å². The zero-order valence-electron chi connectivity index (χ0n) is 17.1. The van der Waals surface area contributed by atoms with Crippen molar-refractivity contribution in [3.05, 3.63) is 23.9 Å². The molecule has 148 valence electrons. The highest BCUT2D eigenvalue weighted by atomic mass is 127. The van der Waals surface area contributed by atoms with Crippen molar-refractivity contribution in [3.8, 4) is 0 Å². The van der Waals surface area contributed by atoms with Crippen LogP contribution in [0.1, 0.15) is 39.8 Å². The number of nitrogens with one attached hydrogen (secondary N) is 2. The van der Waals surface area contributed by atoms with Crippen LogP contribution in [0.25, 0.3) is 0 Å². The topological polar surface area (TPSA) is 61.8 Å². The minimum absolute atomic E-state index is 0. The van der Waals surface area contributed by atoms with E-state index in [1.807, 2.05) is 37.2 Å². The summed E-state index contributed by atoms with van der Waals surface area (Å²) in [6, 6.07) is 6.36. The molecule has 1 aliphatic carbocycles. The fraction of sp³-hybridized carbons (Fsp3) is 0.684. The molecule has 0 bridgehead atoms. The lowest BCUT2D eigenvalue weighted by atomic mass is 9.56. The Bertz CT molecular complexity index is 620. The second-order valence-electron chi connectivity index (χ2n) is 7.63. The first-order chi connectivity index (χ1) is 11.7. The van der Waals surface area contributed by atoms with Crippen LogP contribution in [0.3, 0.4) is 0 Å². The standard InChI is InChI=1S/C19H33N5O.HI/c1-8-20-17(23-15-12-19(4,25-7)18(15,2)3)21-13-14-10-9-11-16(22-14)24(5)6;/h9-11,15H,8,12-13H2,1-7H3,(H2,20,21,23);1H. The third kappa shape index (κ3) is 4.79. The summed E-state index contributed by atoms with van der Waals surface area (Å²) in [6.07, 6.45) is 0.968. The van der Waals surface area contributed by atoms with Crippen LogP contribution >= 0.6 is 24.0 Å². The molecule has 1 fully saturated rings. The van der Waals surface area contributed by atoms with E-state index in [0.717, 1.165) is 30.4 Å². The zero-order valence-corrected chi connectivity index (χ0v) is 19.4. The monoisotopic (exact) mass is 475 g/mol. The molecule has 0 aliphatic heterocycles. The molecule has 2 rings (SSSR count). The molecule has 2 N–H and O–H groups in total. The second-order valence-corrected chi connectivity index (χ2v) is 7.63. The molecule has 0 aromatic carbocycles. The van der Waals surface area contributed by atoms with E-state index in [-0.39, 0.29) is 35.0 Å². The molecule has 1 aromatic heterocycles. The Balaban J connectivity index is 0.00000338. The minimum Gasteiger partial charge on any atom is -0.378 e. The van der Waals surface area contributed by atoms with Crippen molar-refractivity contribution in [3.63, 3.8) is 0 Å². The summed E-state index contributed by atoms with van der Waals surface area (Å²) >= 11 is 0. The number of ether oxygens (including phenoxy) is 1. The fourth-order valence-electron chi connectivity index (χ4n) is 3.17. The Morgan fingerprint density at radius 1 is 1.35 bits per heavy atom. The van der Waals surface area contributed by atoms with Crippen molar-refractivity contribution in [2.45, 2.75) is 52.3 Å². The smallest absolute Gasteiger partial charge is 0.191 e. The van der Waals surface area contributed by atoms with Crippen LogP contribution in [0, 0.1) is 5.41 Å². The Kier molecular flexibility index (Phi) is 8.13. The lowest BCUT2D eigenvalue weighted by Crippen LogP contribution is -2.69. The van der Waals surface area contributed by atoms with Gasteiger partial charge in [-0.1, -0.05) is 19.9 Å². The summed E-state index contributed by atoms with van der Waals surface area (Å²) in [6.45, 7) is 10.1. The predicted octanol–water partition coefficient (Wildman–Crippen LogP) is 3.02. The molecule has 0 amide bonds. The van der Waals surface area contributed by atoms with Crippen molar-refractivity contribution < 1.29 is 4.74 Å². The van der Waals surface area contributed by atoms with Gasteiger partial charge in [0, 0.05) is 39.2 Å². The van der Waals surface area contributed by atoms with Gasteiger partial charge in [0.2, 0.25) is 0 Å². The maximum Gasteiger partial charge on any atom is 0.191 e. The number of pyridine rings is 1. The predicted molar refractivity (Wildman–Crippen MR) is 120 cm³/mol. The number of aliphatic imine (C=N–C) groups is 1. The number of hydrogen-bond donors (Lipinski definition) is 2. The van der Waals surface area contributed by atoms with Gasteiger partial charge in [-0.2, -0.15) is 0 Å². The van der Waals surface area contributed by atoms with Crippen LogP contribution in [-0.2, 0) is 11.3 Å². The van der Waals surface area contributed by atoms with Gasteiger partial charge in [-0.25, -0.2) is 9.98 Å². The Hall–Kier alpha value is -1.09. The summed E-state index contributed by atoms with van der Waals surface area (Å²) in [5.74, 6) is 1.78. The van der Waals surface area contributed by atoms with Crippen molar-refractivity contribution in [2.24, 2.45) is 10.4 Å². The lowest BCUT2D eigenvalue weighted by molar-refractivity contribution is -0.176. The number of aromatic nitrogens is 1. The summed E-state index contributed by atoms with van der Waals surface area (Å²) in [4.78, 5) is 11.3. The van der Waals surface area contributed by atoms with Crippen molar-refractivity contribution >= 4 is 35.8 Å². The van der Waals surface area contributed by atoms with E-state index in [4.69, 9.17) is 9.73 Å². The van der Waals surface area contributed by atoms with Gasteiger partial charge < -0.3 is 20.3 Å². The molecule has 1 saturated carbocycles. The number of nitrogens with zero attached hydrogens (tertiary/aromatic N) is 3. The summed E-state index contributed by atoms with van der Waals surface area (Å²) in [7, 11) is 5.78. The van der Waals surface area contributed by atoms with E-state index in [1.165, 1.54) is 0 Å². The zero-order chi connectivity index (χ0) is 18.7. The molecule has 1 aromatic rings. The first-order valence-corrected chi connectivity index (χ1v) is 8.96. The Labute approximate surface area is 175 Å². The number of hydrogen-bond acceptors (Lipinski definition) is 4. The van der Waals surface area contributed by atoms with Crippen LogP contribution in [0.4, 0.5) is 5.82 Å². The molecule has 6 nitrogen and oxygen atoms in total. The number of methoxy groups -OCH3 is 1. The lowest BCUT2D eigenvalue weighted by Gasteiger charge is -2.59. The quantitative estimate of drug-likeness (QED) is 0.377. The number of rotatable bonds is 6. The molecule has 1 heterocycles. The molecule has 26 heavy (non-hydrogen) atoms. The van der Waals surface area contributed by atoms with Gasteiger partial charge in [0.15, 0.2) is 5.96 Å². The molecule has 0 spiro atoms. The number of anilines is 1. The van der Waals surface area contributed by atoms with Gasteiger partial charge in [0.05, 0.1) is 17.8 Å². The first-order valence-electron chi connectivity index (χ1n) is 8.96. The van der Waals surface area contributed by atoms with E-state index in [2.05, 4.69) is 43.3 Å². The van der Waals surface area contributed by atoms with E-state index >= 15 is 0 Å². The number of guanidine groups is 1. The highest BCUT2D eigenvalue weighted by Crippen LogP contribution is 2.51. The van der Waals surface area contributed by atoms with E-state index in [0.29, 0.717) is 12.6 Å². The van der Waals surface area contributed by atoms with Crippen molar-refractivity contribution in [1.29, 1.82) is 0 Å². The van der Waals surface area contributed by atoms with E-state index in [9.17, 15) is 0 Å². The first kappa shape index (κ1) is 23.0. The molecular weight excluding hydrogens is 441 g/mol. The van der Waals surface area contributed by atoms with Crippen molar-refractivity contribution in [2.75, 3.05) is 32.6 Å². The minimum atomic E-state index is -0.0937. The van der Waals surface area contributed by atoms with Crippen LogP contribution in [0.15, 0.2) is 23.2 Å². The summed E-state index contributed by atoms with van der Waals surface area (Å²) < 4.78 is 5.71. The fourth-order valence-corrected chi connectivity index (χ4v) is 3.17. The normalized spacial score (nSPS) is 24.3. The molecule has 0 radical (unpaired) electrons. The van der Waals surface area contributed by atoms with Crippen molar-refractivity contribution in [1.82, 2.24) is 15.6 Å². The van der Waals surface area contributed by atoms with Gasteiger partial charge in [-0.3, -0.25) is 0 Å². The van der Waals surface area contributed by atoms with Gasteiger partial charge >= 0.3 is 0 Å². The Morgan fingerprint density at radius 2 is 2.04 bits per heavy atom. The van der Waals surface area contributed by atoms with Crippen LogP contribution in [-0.4, -0.2) is 50.3 Å².